The number of hydrogen-bond donors (Lipinski definition) is 1. The Morgan fingerprint density at radius 2 is 1.64 bits per heavy atom. The number of hydrogen-bond acceptors (Lipinski definition) is 5. The first-order valence-electron chi connectivity index (χ1n) is 8.94. The third-order valence-electron chi connectivity index (χ3n) is 4.86. The van der Waals surface area contributed by atoms with E-state index in [0.717, 1.165) is 21.8 Å². The molecule has 0 radical (unpaired) electrons. The van der Waals surface area contributed by atoms with Gasteiger partial charge in [-0.3, -0.25) is 4.79 Å². The van der Waals surface area contributed by atoms with E-state index in [1.807, 2.05) is 73.7 Å². The number of allylic oxidation sites excluding steroid dienone is 1. The number of rotatable bonds is 4. The average molecular weight is 389 g/mol. The zero-order valence-electron chi connectivity index (χ0n) is 15.6. The molecule has 2 aromatic carbocycles. The van der Waals surface area contributed by atoms with Crippen LogP contribution in [0, 0.1) is 0 Å². The van der Waals surface area contributed by atoms with Crippen molar-refractivity contribution in [3.63, 3.8) is 0 Å². The van der Waals surface area contributed by atoms with Crippen molar-refractivity contribution in [3.8, 4) is 0 Å². The molecule has 1 unspecified atom stereocenters. The summed E-state index contributed by atoms with van der Waals surface area (Å²) < 4.78 is 5.05. The lowest BCUT2D eigenvalue weighted by atomic mass is 9.82. The summed E-state index contributed by atoms with van der Waals surface area (Å²) in [5.74, 6) is -0.670. The van der Waals surface area contributed by atoms with Gasteiger partial charge in [-0.05, 0) is 24.1 Å². The number of benzene rings is 2. The molecule has 0 spiro atoms. The zero-order valence-corrected chi connectivity index (χ0v) is 16.4. The van der Waals surface area contributed by atoms with Crippen LogP contribution in [0.3, 0.4) is 0 Å². The number of ether oxygens (including phenoxy) is 1. The Kier molecular flexibility index (Phi) is 4.84. The monoisotopic (exact) mass is 389 g/mol. The van der Waals surface area contributed by atoms with Crippen LogP contribution in [-0.2, 0) is 9.53 Å². The van der Waals surface area contributed by atoms with Gasteiger partial charge in [0.05, 0.1) is 22.6 Å². The molecule has 1 aromatic heterocycles. The molecule has 4 rings (SSSR count). The molecule has 3 aromatic rings. The van der Waals surface area contributed by atoms with Gasteiger partial charge in [0.15, 0.2) is 0 Å². The summed E-state index contributed by atoms with van der Waals surface area (Å²) in [6, 6.07) is 20.9. The largest absolute Gasteiger partial charge is 0.466 e. The van der Waals surface area contributed by atoms with Crippen molar-refractivity contribution in [1.82, 2.24) is 0 Å². The number of carbonyl (C=O) groups excluding carboxylic acids is 2. The lowest BCUT2D eigenvalue weighted by molar-refractivity contribution is -0.136. The van der Waals surface area contributed by atoms with E-state index >= 15 is 0 Å². The first-order valence-corrected chi connectivity index (χ1v) is 9.76. The van der Waals surface area contributed by atoms with Crippen LogP contribution in [0.25, 0.3) is 0 Å². The van der Waals surface area contributed by atoms with E-state index in [1.165, 1.54) is 18.4 Å². The minimum Gasteiger partial charge on any atom is -0.466 e. The van der Waals surface area contributed by atoms with Gasteiger partial charge in [-0.2, -0.15) is 0 Å². The van der Waals surface area contributed by atoms with Gasteiger partial charge in [-0.1, -0.05) is 60.7 Å². The number of thiophene rings is 1. The van der Waals surface area contributed by atoms with Crippen molar-refractivity contribution in [3.05, 3.63) is 99.6 Å². The van der Waals surface area contributed by atoms with Crippen LogP contribution in [0.4, 0.5) is 5.00 Å². The third-order valence-corrected chi connectivity index (χ3v) is 5.93. The summed E-state index contributed by atoms with van der Waals surface area (Å²) in [6.45, 7) is 1.86. The molecule has 4 nitrogen and oxygen atoms in total. The van der Waals surface area contributed by atoms with E-state index in [2.05, 4.69) is 5.32 Å². The van der Waals surface area contributed by atoms with Gasteiger partial charge in [0.25, 0.3) is 0 Å². The van der Waals surface area contributed by atoms with Gasteiger partial charge >= 0.3 is 5.97 Å². The van der Waals surface area contributed by atoms with Gasteiger partial charge in [0, 0.05) is 17.2 Å². The Bertz CT molecular complexity index is 1070. The molecule has 0 saturated carbocycles. The summed E-state index contributed by atoms with van der Waals surface area (Å²) in [5, 5.41) is 4.18. The number of anilines is 1. The summed E-state index contributed by atoms with van der Waals surface area (Å²) in [5.41, 5.74) is 3.87. The molecule has 1 atom stereocenters. The highest BCUT2D eigenvalue weighted by molar-refractivity contribution is 7.18. The number of nitrogens with one attached hydrogen (secondary N) is 1. The van der Waals surface area contributed by atoms with E-state index < -0.39 is 0 Å². The molecule has 1 N–H and O–H groups in total. The highest BCUT2D eigenvalue weighted by Crippen LogP contribution is 2.46. The summed E-state index contributed by atoms with van der Waals surface area (Å²) >= 11 is 1.41. The molecule has 140 valence electrons. The van der Waals surface area contributed by atoms with Gasteiger partial charge in [-0.15, -0.1) is 11.3 Å². The van der Waals surface area contributed by atoms with E-state index in [0.29, 0.717) is 16.0 Å². The predicted octanol–water partition coefficient (Wildman–Crippen LogP) is 4.98. The van der Waals surface area contributed by atoms with Crippen LogP contribution in [0.2, 0.25) is 0 Å². The second-order valence-corrected chi connectivity index (χ2v) is 7.64. The number of fused-ring (bicyclic) bond motifs is 1. The average Bonchev–Trinajstić information content (AvgIpc) is 3.16. The zero-order chi connectivity index (χ0) is 19.7. The smallest absolute Gasteiger partial charge is 0.336 e. The first-order chi connectivity index (χ1) is 13.6. The molecule has 0 aliphatic carbocycles. The van der Waals surface area contributed by atoms with E-state index in [4.69, 9.17) is 4.74 Å². The number of ketones is 1. The Morgan fingerprint density at radius 3 is 2.29 bits per heavy atom. The normalized spacial score (nSPS) is 15.6. The second kappa shape index (κ2) is 7.44. The van der Waals surface area contributed by atoms with Crippen molar-refractivity contribution < 1.29 is 14.3 Å². The van der Waals surface area contributed by atoms with Crippen LogP contribution in [-0.4, -0.2) is 18.9 Å². The number of methoxy groups -OCH3 is 1. The fourth-order valence-corrected chi connectivity index (χ4v) is 4.66. The maximum Gasteiger partial charge on any atom is 0.336 e. The minimum absolute atomic E-state index is 0.0223. The van der Waals surface area contributed by atoms with Crippen LogP contribution in [0.5, 0.6) is 0 Å². The summed E-state index contributed by atoms with van der Waals surface area (Å²) in [7, 11) is 1.39. The maximum absolute atomic E-state index is 12.9. The van der Waals surface area contributed by atoms with Crippen molar-refractivity contribution in [1.29, 1.82) is 0 Å². The molecule has 0 fully saturated rings. The van der Waals surface area contributed by atoms with Crippen LogP contribution < -0.4 is 5.32 Å². The topological polar surface area (TPSA) is 55.4 Å². The molecule has 0 bridgehead atoms. The molecule has 1 aliphatic heterocycles. The van der Waals surface area contributed by atoms with Crippen molar-refractivity contribution in [2.24, 2.45) is 0 Å². The minimum atomic E-state index is -0.369. The fraction of sp³-hybridized carbons (Fsp3) is 0.130. The van der Waals surface area contributed by atoms with E-state index in [-0.39, 0.29) is 17.7 Å². The lowest BCUT2D eigenvalue weighted by Gasteiger charge is -2.27. The maximum atomic E-state index is 12.9. The Balaban J connectivity index is 1.83. The summed E-state index contributed by atoms with van der Waals surface area (Å²) in [4.78, 5) is 26.1. The SMILES string of the molecule is COC(=O)C1=C(C)Nc2sc(C(=O)c3ccccc3)cc2C1c1ccccc1. The second-order valence-electron chi connectivity index (χ2n) is 6.59. The standard InChI is InChI=1S/C23H19NO3S/c1-14-19(23(26)27-2)20(15-9-5-3-6-10-15)17-13-18(28-22(17)24-14)21(25)16-11-7-4-8-12-16/h3-13,20,24H,1-2H3. The molecule has 2 heterocycles. The molecule has 5 heteroatoms. The third kappa shape index (κ3) is 3.14. The molecule has 1 aliphatic rings. The van der Waals surface area contributed by atoms with Gasteiger partial charge in [-0.25, -0.2) is 4.79 Å². The first kappa shape index (κ1) is 18.2. The molecule has 0 saturated heterocycles. The highest BCUT2D eigenvalue weighted by atomic mass is 32.1. The molecular weight excluding hydrogens is 370 g/mol. The quantitative estimate of drug-likeness (QED) is 0.505. The van der Waals surface area contributed by atoms with E-state index in [9.17, 15) is 9.59 Å². The number of carbonyl (C=O) groups is 2. The predicted molar refractivity (Wildman–Crippen MR) is 111 cm³/mol. The van der Waals surface area contributed by atoms with Gasteiger partial charge in [0.2, 0.25) is 5.78 Å². The molecular formula is C23H19NO3S. The van der Waals surface area contributed by atoms with Crippen molar-refractivity contribution >= 4 is 28.1 Å². The van der Waals surface area contributed by atoms with Gasteiger partial charge in [0.1, 0.15) is 0 Å². The number of esters is 1. The Labute approximate surface area is 167 Å². The van der Waals surface area contributed by atoms with Gasteiger partial charge < -0.3 is 10.1 Å². The van der Waals surface area contributed by atoms with Crippen LogP contribution >= 0.6 is 11.3 Å². The van der Waals surface area contributed by atoms with Crippen LogP contribution in [0.15, 0.2) is 78.0 Å². The lowest BCUT2D eigenvalue weighted by Crippen LogP contribution is -2.22. The summed E-state index contributed by atoms with van der Waals surface area (Å²) in [6.07, 6.45) is 0. The molecule has 0 amide bonds. The van der Waals surface area contributed by atoms with Crippen molar-refractivity contribution in [2.45, 2.75) is 12.8 Å². The van der Waals surface area contributed by atoms with Crippen LogP contribution in [0.1, 0.15) is 39.2 Å². The Hall–Kier alpha value is -3.18. The highest BCUT2D eigenvalue weighted by Gasteiger charge is 2.35. The van der Waals surface area contributed by atoms with Crippen molar-refractivity contribution in [2.75, 3.05) is 12.4 Å². The van der Waals surface area contributed by atoms with E-state index in [1.54, 1.807) is 0 Å². The Morgan fingerprint density at radius 1 is 1.00 bits per heavy atom. The fourth-order valence-electron chi connectivity index (χ4n) is 3.54. The molecule has 28 heavy (non-hydrogen) atoms.